The van der Waals surface area contributed by atoms with Gasteiger partial charge < -0.3 is 29.8 Å². The van der Waals surface area contributed by atoms with Gasteiger partial charge in [0.05, 0.1) is 19.5 Å². The normalized spacial score (nSPS) is 12.6. The van der Waals surface area contributed by atoms with Crippen LogP contribution in [0.25, 0.3) is 11.2 Å². The number of nitrogen functional groups attached to an aromatic ring is 1. The van der Waals surface area contributed by atoms with E-state index in [-0.39, 0.29) is 49.4 Å². The smallest absolute Gasteiger partial charge is 0.408 e. The molecule has 2 atom stereocenters. The second-order valence-corrected chi connectivity index (χ2v) is 8.75. The molecule has 0 spiro atoms. The molecule has 1 unspecified atom stereocenters. The number of hydrogen-bond donors (Lipinski definition) is 3. The van der Waals surface area contributed by atoms with Crippen LogP contribution in [-0.2, 0) is 37.0 Å². The number of nitrogens with two attached hydrogens (primary N) is 1. The molecule has 3 aromatic rings. The first kappa shape index (κ1) is 27.2. The maximum atomic E-state index is 12.8. The summed E-state index contributed by atoms with van der Waals surface area (Å²) in [6.45, 7) is 4.77. The molecule has 37 heavy (non-hydrogen) atoms. The lowest BCUT2D eigenvalue weighted by Crippen LogP contribution is -2.46. The number of aromatic amines is 1. The Labute approximate surface area is 212 Å². The minimum atomic E-state index is -0.966. The highest BCUT2D eigenvalue weighted by atomic mass is 16.6. The van der Waals surface area contributed by atoms with E-state index in [4.69, 9.17) is 19.9 Å². The summed E-state index contributed by atoms with van der Waals surface area (Å²) in [5.41, 5.74) is 6.29. The van der Waals surface area contributed by atoms with E-state index in [9.17, 15) is 19.2 Å². The van der Waals surface area contributed by atoms with Crippen LogP contribution in [0.5, 0.6) is 0 Å². The molecular weight excluding hydrogens is 484 g/mol. The number of nitrogens with one attached hydrogen (secondary N) is 2. The third-order valence-electron chi connectivity index (χ3n) is 5.34. The molecule has 13 heteroatoms. The zero-order valence-corrected chi connectivity index (χ0v) is 20.8. The van der Waals surface area contributed by atoms with Gasteiger partial charge in [0.1, 0.15) is 12.6 Å². The molecule has 0 fully saturated rings. The third-order valence-corrected chi connectivity index (χ3v) is 5.34. The largest absolute Gasteiger partial charge is 0.465 e. The standard InChI is InChI=1S/C24H30N6O7/c1-14(2)18(27-24(34)37-10-16-7-5-4-6-8-16)22(33)36-12-17(11-35-15(3)31)9-30-13-26-19-20(30)28-23(25)29-21(19)32/h4-8,13-14,17-18H,9-12H2,1-3H3,(H,27,34)(H3,25,28,29,32)/t17?,18-/m0/s1. The lowest BCUT2D eigenvalue weighted by atomic mass is 10.1. The van der Waals surface area contributed by atoms with Crippen molar-refractivity contribution in [1.82, 2.24) is 24.8 Å². The molecule has 0 aliphatic heterocycles. The minimum absolute atomic E-state index is 0.0528. The highest BCUT2D eigenvalue weighted by molar-refractivity contribution is 5.81. The van der Waals surface area contributed by atoms with Crippen molar-refractivity contribution in [2.24, 2.45) is 11.8 Å². The monoisotopic (exact) mass is 514 g/mol. The number of esters is 2. The molecular formula is C24H30N6O7. The molecule has 0 aliphatic carbocycles. The molecule has 0 aliphatic rings. The summed E-state index contributed by atoms with van der Waals surface area (Å²) < 4.78 is 17.4. The van der Waals surface area contributed by atoms with Gasteiger partial charge in [-0.2, -0.15) is 4.98 Å². The Morgan fingerprint density at radius 1 is 1.11 bits per heavy atom. The summed E-state index contributed by atoms with van der Waals surface area (Å²) in [6, 6.07) is 8.16. The highest BCUT2D eigenvalue weighted by Crippen LogP contribution is 2.13. The van der Waals surface area contributed by atoms with Crippen molar-refractivity contribution in [2.45, 2.75) is 40.0 Å². The Morgan fingerprint density at radius 2 is 1.81 bits per heavy atom. The quantitative estimate of drug-likeness (QED) is 0.250. The second kappa shape index (κ2) is 12.5. The first-order valence-corrected chi connectivity index (χ1v) is 11.6. The highest BCUT2D eigenvalue weighted by Gasteiger charge is 2.28. The number of amides is 1. The first-order chi connectivity index (χ1) is 17.6. The summed E-state index contributed by atoms with van der Waals surface area (Å²) in [6.07, 6.45) is 0.644. The number of aromatic nitrogens is 4. The molecule has 1 amide bonds. The number of hydrogen-bond acceptors (Lipinski definition) is 10. The number of ether oxygens (including phenoxy) is 3. The number of carbonyl (C=O) groups is 3. The number of fused-ring (bicyclic) bond motifs is 1. The zero-order chi connectivity index (χ0) is 26.9. The van der Waals surface area contributed by atoms with Gasteiger partial charge >= 0.3 is 18.0 Å². The lowest BCUT2D eigenvalue weighted by Gasteiger charge is -2.23. The Morgan fingerprint density at radius 3 is 2.49 bits per heavy atom. The van der Waals surface area contributed by atoms with E-state index in [1.807, 2.05) is 30.3 Å². The van der Waals surface area contributed by atoms with E-state index < -0.39 is 35.6 Å². The Bertz CT molecular complexity index is 1290. The zero-order valence-electron chi connectivity index (χ0n) is 20.8. The van der Waals surface area contributed by atoms with Crippen molar-refractivity contribution in [3.63, 3.8) is 0 Å². The molecule has 198 valence electrons. The summed E-state index contributed by atoms with van der Waals surface area (Å²) in [7, 11) is 0. The molecule has 13 nitrogen and oxygen atoms in total. The number of carbonyl (C=O) groups excluding carboxylic acids is 3. The van der Waals surface area contributed by atoms with Gasteiger partial charge in [-0.05, 0) is 11.5 Å². The first-order valence-electron chi connectivity index (χ1n) is 11.6. The number of imidazole rings is 1. The molecule has 0 radical (unpaired) electrons. The van der Waals surface area contributed by atoms with Gasteiger partial charge in [-0.25, -0.2) is 14.6 Å². The van der Waals surface area contributed by atoms with Gasteiger partial charge in [-0.3, -0.25) is 14.6 Å². The fourth-order valence-corrected chi connectivity index (χ4v) is 3.45. The van der Waals surface area contributed by atoms with Gasteiger partial charge in [0.25, 0.3) is 5.56 Å². The molecule has 2 aromatic heterocycles. The number of anilines is 1. The predicted octanol–water partition coefficient (Wildman–Crippen LogP) is 1.38. The lowest BCUT2D eigenvalue weighted by molar-refractivity contribution is -0.150. The summed E-state index contributed by atoms with van der Waals surface area (Å²) in [4.78, 5) is 59.1. The molecule has 0 saturated heterocycles. The average molecular weight is 515 g/mol. The van der Waals surface area contributed by atoms with Crippen LogP contribution in [0, 0.1) is 11.8 Å². The summed E-state index contributed by atoms with van der Waals surface area (Å²) >= 11 is 0. The molecule has 2 heterocycles. The van der Waals surface area contributed by atoms with E-state index in [0.717, 1.165) is 5.56 Å². The summed E-state index contributed by atoms with van der Waals surface area (Å²) in [5.74, 6) is -2.06. The average Bonchev–Trinajstić information content (AvgIpc) is 3.25. The Kier molecular flexibility index (Phi) is 9.19. The van der Waals surface area contributed by atoms with Crippen LogP contribution in [0.4, 0.5) is 10.7 Å². The van der Waals surface area contributed by atoms with Crippen LogP contribution in [0.1, 0.15) is 26.3 Å². The number of alkyl carbamates (subject to hydrolysis) is 1. The minimum Gasteiger partial charge on any atom is -0.465 e. The van der Waals surface area contributed by atoms with Crippen molar-refractivity contribution < 1.29 is 28.6 Å². The van der Waals surface area contributed by atoms with E-state index in [0.29, 0.717) is 0 Å². The van der Waals surface area contributed by atoms with Gasteiger partial charge in [0, 0.05) is 19.4 Å². The van der Waals surface area contributed by atoms with E-state index >= 15 is 0 Å². The van der Waals surface area contributed by atoms with Gasteiger partial charge in [0.2, 0.25) is 5.95 Å². The van der Waals surface area contributed by atoms with Crippen molar-refractivity contribution in [1.29, 1.82) is 0 Å². The maximum absolute atomic E-state index is 12.8. The van der Waals surface area contributed by atoms with Crippen LogP contribution >= 0.6 is 0 Å². The van der Waals surface area contributed by atoms with Crippen LogP contribution in [0.3, 0.4) is 0 Å². The van der Waals surface area contributed by atoms with Crippen LogP contribution < -0.4 is 16.6 Å². The van der Waals surface area contributed by atoms with E-state index in [1.165, 1.54) is 13.3 Å². The van der Waals surface area contributed by atoms with Gasteiger partial charge in [0.15, 0.2) is 11.2 Å². The second-order valence-electron chi connectivity index (χ2n) is 8.75. The Hall–Kier alpha value is -4.42. The summed E-state index contributed by atoms with van der Waals surface area (Å²) in [5, 5.41) is 2.54. The molecule has 0 bridgehead atoms. The number of nitrogens with zero attached hydrogens (tertiary/aromatic N) is 3. The molecule has 1 aromatic carbocycles. The van der Waals surface area contributed by atoms with Gasteiger partial charge in [-0.1, -0.05) is 44.2 Å². The number of rotatable bonds is 11. The molecule has 4 N–H and O–H groups in total. The number of benzene rings is 1. The molecule has 0 saturated carbocycles. The van der Waals surface area contributed by atoms with Crippen molar-refractivity contribution >= 4 is 35.1 Å². The fraction of sp³-hybridized carbons (Fsp3) is 0.417. The predicted molar refractivity (Wildman–Crippen MR) is 132 cm³/mol. The van der Waals surface area contributed by atoms with Crippen LogP contribution in [0.2, 0.25) is 0 Å². The molecule has 3 rings (SSSR count). The van der Waals surface area contributed by atoms with E-state index in [1.54, 1.807) is 18.4 Å². The maximum Gasteiger partial charge on any atom is 0.408 e. The van der Waals surface area contributed by atoms with Crippen LogP contribution in [0.15, 0.2) is 41.5 Å². The van der Waals surface area contributed by atoms with Crippen molar-refractivity contribution in [3.8, 4) is 0 Å². The van der Waals surface area contributed by atoms with Gasteiger partial charge in [-0.15, -0.1) is 0 Å². The van der Waals surface area contributed by atoms with Crippen molar-refractivity contribution in [3.05, 3.63) is 52.6 Å². The van der Waals surface area contributed by atoms with Crippen molar-refractivity contribution in [2.75, 3.05) is 18.9 Å². The topological polar surface area (TPSA) is 181 Å². The van der Waals surface area contributed by atoms with Crippen LogP contribution in [-0.4, -0.2) is 56.8 Å². The number of H-pyrrole nitrogens is 1. The van der Waals surface area contributed by atoms with E-state index in [2.05, 4.69) is 20.3 Å². The third kappa shape index (κ3) is 7.78. The Balaban J connectivity index is 1.64. The fourth-order valence-electron chi connectivity index (χ4n) is 3.45. The SMILES string of the molecule is CC(=O)OCC(COC(=O)[C@@H](NC(=O)OCc1ccccc1)C(C)C)Cn1cnc2c(=O)[nH]c(N)nc21.